The zero-order valence-electron chi connectivity index (χ0n) is 12.1. The van der Waals surface area contributed by atoms with E-state index in [1.165, 1.54) is 0 Å². The lowest BCUT2D eigenvalue weighted by Gasteiger charge is -2.20. The van der Waals surface area contributed by atoms with Crippen LogP contribution in [0.15, 0.2) is 16.7 Å². The highest BCUT2D eigenvalue weighted by Gasteiger charge is 2.28. The van der Waals surface area contributed by atoms with Crippen molar-refractivity contribution in [3.05, 3.63) is 22.4 Å². The molecule has 0 spiro atoms. The molecule has 0 saturated heterocycles. The standard InChI is InChI=1S/C15H23BrN2O2/c1-3-10(4-2)14(19)8-17-15(20)13-7-11(16)9-18(13)12-5-6-12/h7,9-10,12,14,19H,3-6,8H2,1-2H3,(H,17,20). The monoisotopic (exact) mass is 342 g/mol. The Morgan fingerprint density at radius 2 is 2.15 bits per heavy atom. The van der Waals surface area contributed by atoms with Gasteiger partial charge in [0.15, 0.2) is 0 Å². The van der Waals surface area contributed by atoms with Crippen LogP contribution in [-0.4, -0.2) is 28.2 Å². The summed E-state index contributed by atoms with van der Waals surface area (Å²) in [5, 5.41) is 12.9. The van der Waals surface area contributed by atoms with Crippen LogP contribution in [0, 0.1) is 5.92 Å². The van der Waals surface area contributed by atoms with Crippen molar-refractivity contribution in [1.82, 2.24) is 9.88 Å². The first-order chi connectivity index (χ1) is 9.56. The molecule has 1 aromatic rings. The number of carbonyl (C=O) groups excluding carboxylic acids is 1. The van der Waals surface area contributed by atoms with Gasteiger partial charge in [0.05, 0.1) is 6.10 Å². The summed E-state index contributed by atoms with van der Waals surface area (Å²) in [6, 6.07) is 2.31. The minimum absolute atomic E-state index is 0.104. The van der Waals surface area contributed by atoms with E-state index < -0.39 is 6.10 Å². The summed E-state index contributed by atoms with van der Waals surface area (Å²) in [5.41, 5.74) is 0.677. The summed E-state index contributed by atoms with van der Waals surface area (Å²) in [4.78, 5) is 12.3. The van der Waals surface area contributed by atoms with Gasteiger partial charge in [-0.05, 0) is 40.8 Å². The molecular weight excluding hydrogens is 320 g/mol. The smallest absolute Gasteiger partial charge is 0.268 e. The van der Waals surface area contributed by atoms with Gasteiger partial charge in [0.25, 0.3) is 5.91 Å². The van der Waals surface area contributed by atoms with E-state index in [1.54, 1.807) is 0 Å². The maximum Gasteiger partial charge on any atom is 0.268 e. The van der Waals surface area contributed by atoms with Crippen LogP contribution in [0.25, 0.3) is 0 Å². The van der Waals surface area contributed by atoms with Crippen LogP contribution in [0.4, 0.5) is 0 Å². The molecule has 4 nitrogen and oxygen atoms in total. The summed E-state index contributed by atoms with van der Waals surface area (Å²) < 4.78 is 2.96. The lowest BCUT2D eigenvalue weighted by atomic mass is 9.96. The fraction of sp³-hybridized carbons (Fsp3) is 0.667. The number of aliphatic hydroxyl groups excluding tert-OH is 1. The first kappa shape index (κ1) is 15.6. The maximum atomic E-state index is 12.3. The molecule has 1 aliphatic carbocycles. The SMILES string of the molecule is CCC(CC)C(O)CNC(=O)c1cc(Br)cn1C1CC1. The largest absolute Gasteiger partial charge is 0.391 e. The van der Waals surface area contributed by atoms with E-state index in [1.807, 2.05) is 16.8 Å². The molecule has 5 heteroatoms. The van der Waals surface area contributed by atoms with E-state index in [9.17, 15) is 9.90 Å². The Bertz CT molecular complexity index is 464. The minimum Gasteiger partial charge on any atom is -0.391 e. The van der Waals surface area contributed by atoms with Crippen LogP contribution in [0.1, 0.15) is 56.1 Å². The Hall–Kier alpha value is -0.810. The highest BCUT2D eigenvalue weighted by Crippen LogP contribution is 2.37. The number of halogens is 1. The van der Waals surface area contributed by atoms with Crippen LogP contribution >= 0.6 is 15.9 Å². The Morgan fingerprint density at radius 1 is 1.50 bits per heavy atom. The van der Waals surface area contributed by atoms with Crippen molar-refractivity contribution in [2.24, 2.45) is 5.92 Å². The van der Waals surface area contributed by atoms with Gasteiger partial charge in [-0.25, -0.2) is 0 Å². The number of aromatic nitrogens is 1. The molecule has 1 fully saturated rings. The lowest BCUT2D eigenvalue weighted by Crippen LogP contribution is -2.36. The fourth-order valence-corrected chi connectivity index (χ4v) is 3.01. The number of nitrogens with one attached hydrogen (secondary N) is 1. The number of carbonyl (C=O) groups is 1. The third kappa shape index (κ3) is 3.64. The summed E-state index contributed by atoms with van der Waals surface area (Å²) in [7, 11) is 0. The van der Waals surface area contributed by atoms with Gasteiger partial charge in [-0.3, -0.25) is 4.79 Å². The number of rotatable bonds is 7. The van der Waals surface area contributed by atoms with Crippen LogP contribution in [-0.2, 0) is 0 Å². The van der Waals surface area contributed by atoms with Crippen molar-refractivity contribution in [3.63, 3.8) is 0 Å². The van der Waals surface area contributed by atoms with Gasteiger partial charge in [0.2, 0.25) is 0 Å². The highest BCUT2D eigenvalue weighted by atomic mass is 79.9. The number of hydrogen-bond donors (Lipinski definition) is 2. The van der Waals surface area contributed by atoms with Gasteiger partial charge in [0.1, 0.15) is 5.69 Å². The van der Waals surface area contributed by atoms with Gasteiger partial charge in [-0.1, -0.05) is 26.7 Å². The molecule has 0 radical (unpaired) electrons. The second-order valence-electron chi connectivity index (χ2n) is 5.54. The van der Waals surface area contributed by atoms with Crippen molar-refractivity contribution in [2.45, 2.75) is 51.7 Å². The van der Waals surface area contributed by atoms with E-state index in [0.717, 1.165) is 30.2 Å². The lowest BCUT2D eigenvalue weighted by molar-refractivity contribution is 0.0809. The molecule has 1 aliphatic rings. The van der Waals surface area contributed by atoms with E-state index in [-0.39, 0.29) is 11.8 Å². The summed E-state index contributed by atoms with van der Waals surface area (Å²) >= 11 is 3.42. The van der Waals surface area contributed by atoms with Gasteiger partial charge < -0.3 is 15.0 Å². The maximum absolute atomic E-state index is 12.3. The summed E-state index contributed by atoms with van der Waals surface area (Å²) in [6.45, 7) is 4.45. The second kappa shape index (κ2) is 6.76. The molecule has 1 unspecified atom stereocenters. The molecule has 1 heterocycles. The van der Waals surface area contributed by atoms with Gasteiger partial charge >= 0.3 is 0 Å². The number of aliphatic hydroxyl groups is 1. The molecule has 1 atom stereocenters. The van der Waals surface area contributed by atoms with Gasteiger partial charge in [-0.2, -0.15) is 0 Å². The van der Waals surface area contributed by atoms with Gasteiger partial charge in [-0.15, -0.1) is 0 Å². The average Bonchev–Trinajstić information content (AvgIpc) is 3.20. The fourth-order valence-electron chi connectivity index (χ4n) is 2.57. The zero-order chi connectivity index (χ0) is 14.7. The minimum atomic E-state index is -0.471. The van der Waals surface area contributed by atoms with Crippen molar-refractivity contribution in [3.8, 4) is 0 Å². The van der Waals surface area contributed by atoms with E-state index in [2.05, 4.69) is 35.1 Å². The van der Waals surface area contributed by atoms with Gasteiger partial charge in [0, 0.05) is 23.3 Å². The number of nitrogens with zero attached hydrogens (tertiary/aromatic N) is 1. The molecule has 2 N–H and O–H groups in total. The molecular formula is C15H23BrN2O2. The zero-order valence-corrected chi connectivity index (χ0v) is 13.7. The third-order valence-corrected chi connectivity index (χ3v) is 4.49. The number of amides is 1. The van der Waals surface area contributed by atoms with Crippen molar-refractivity contribution in [1.29, 1.82) is 0 Å². The quantitative estimate of drug-likeness (QED) is 0.799. The Kier molecular flexibility index (Phi) is 5.27. The second-order valence-corrected chi connectivity index (χ2v) is 6.45. The molecule has 0 aliphatic heterocycles. The van der Waals surface area contributed by atoms with Crippen LogP contribution in [0.2, 0.25) is 0 Å². The third-order valence-electron chi connectivity index (χ3n) is 4.05. The Morgan fingerprint density at radius 3 is 2.70 bits per heavy atom. The highest BCUT2D eigenvalue weighted by molar-refractivity contribution is 9.10. The van der Waals surface area contributed by atoms with E-state index in [0.29, 0.717) is 18.3 Å². The number of hydrogen-bond acceptors (Lipinski definition) is 2. The Labute approximate surface area is 128 Å². The Balaban J connectivity index is 1.95. The molecule has 1 amide bonds. The summed E-state index contributed by atoms with van der Waals surface area (Å²) in [5.74, 6) is 0.143. The molecule has 112 valence electrons. The van der Waals surface area contributed by atoms with E-state index in [4.69, 9.17) is 0 Å². The normalized spacial score (nSPS) is 16.4. The van der Waals surface area contributed by atoms with Crippen molar-refractivity contribution < 1.29 is 9.90 Å². The molecule has 0 aromatic carbocycles. The molecule has 1 saturated carbocycles. The van der Waals surface area contributed by atoms with E-state index >= 15 is 0 Å². The summed E-state index contributed by atoms with van der Waals surface area (Å²) in [6.07, 6.45) is 5.62. The first-order valence-corrected chi connectivity index (χ1v) is 8.19. The van der Waals surface area contributed by atoms with Crippen LogP contribution < -0.4 is 5.32 Å². The molecule has 0 bridgehead atoms. The molecule has 20 heavy (non-hydrogen) atoms. The first-order valence-electron chi connectivity index (χ1n) is 7.40. The predicted molar refractivity (Wildman–Crippen MR) is 82.8 cm³/mol. The van der Waals surface area contributed by atoms with Crippen LogP contribution in [0.5, 0.6) is 0 Å². The average molecular weight is 343 g/mol. The van der Waals surface area contributed by atoms with Crippen LogP contribution in [0.3, 0.4) is 0 Å². The van der Waals surface area contributed by atoms with Crippen molar-refractivity contribution in [2.75, 3.05) is 6.54 Å². The predicted octanol–water partition coefficient (Wildman–Crippen LogP) is 3.11. The molecule has 1 aromatic heterocycles. The topological polar surface area (TPSA) is 54.3 Å². The molecule has 2 rings (SSSR count). The van der Waals surface area contributed by atoms with Crippen molar-refractivity contribution >= 4 is 21.8 Å².